The molecule has 0 aromatic heterocycles. The molecular weight excluding hydrogens is 250 g/mol. The van der Waals surface area contributed by atoms with Gasteiger partial charge in [-0.25, -0.2) is 0 Å². The van der Waals surface area contributed by atoms with Crippen LogP contribution in [0.2, 0.25) is 0 Å². The molecule has 0 aromatic carbocycles. The van der Waals surface area contributed by atoms with Crippen molar-refractivity contribution in [3.05, 3.63) is 0 Å². The fourth-order valence-corrected chi connectivity index (χ4v) is 3.64. The lowest BCUT2D eigenvalue weighted by Gasteiger charge is -2.41. The van der Waals surface area contributed by atoms with E-state index < -0.39 is 0 Å². The lowest BCUT2D eigenvalue weighted by atomic mass is 9.92. The molecule has 20 heavy (non-hydrogen) atoms. The second-order valence-corrected chi connectivity index (χ2v) is 6.68. The fourth-order valence-electron chi connectivity index (χ4n) is 3.64. The summed E-state index contributed by atoms with van der Waals surface area (Å²) >= 11 is 0. The van der Waals surface area contributed by atoms with Crippen molar-refractivity contribution in [2.75, 3.05) is 26.2 Å². The summed E-state index contributed by atoms with van der Waals surface area (Å²) in [5, 5.41) is 0. The Balaban J connectivity index is 1.97. The number of amides is 1. The fraction of sp³-hybridized carbons (Fsp3) is 0.938. The molecule has 4 nitrogen and oxygen atoms in total. The summed E-state index contributed by atoms with van der Waals surface area (Å²) < 4.78 is 0. The number of carbonyl (C=O) groups is 1. The molecule has 0 bridgehead atoms. The van der Waals surface area contributed by atoms with E-state index in [1.54, 1.807) is 0 Å². The van der Waals surface area contributed by atoms with Gasteiger partial charge < -0.3 is 10.6 Å². The van der Waals surface area contributed by atoms with Crippen LogP contribution in [0.15, 0.2) is 0 Å². The number of hydrogen-bond donors (Lipinski definition) is 1. The van der Waals surface area contributed by atoms with Gasteiger partial charge in [-0.2, -0.15) is 0 Å². The van der Waals surface area contributed by atoms with E-state index in [9.17, 15) is 4.79 Å². The van der Waals surface area contributed by atoms with Crippen LogP contribution >= 0.6 is 0 Å². The molecule has 1 amide bonds. The molecule has 4 heteroatoms. The van der Waals surface area contributed by atoms with E-state index in [0.29, 0.717) is 18.4 Å². The van der Waals surface area contributed by atoms with Gasteiger partial charge in [-0.05, 0) is 51.6 Å². The van der Waals surface area contributed by atoms with Gasteiger partial charge in [0.05, 0.1) is 6.04 Å². The van der Waals surface area contributed by atoms with Crippen molar-refractivity contribution in [2.24, 2.45) is 11.7 Å². The molecule has 0 radical (unpaired) electrons. The Morgan fingerprint density at radius 3 is 2.45 bits per heavy atom. The summed E-state index contributed by atoms with van der Waals surface area (Å²) in [6, 6.07) is 0.274. The maximum Gasteiger partial charge on any atom is 0.239 e. The minimum atomic E-state index is 0.0237. The average molecular weight is 281 g/mol. The zero-order valence-electron chi connectivity index (χ0n) is 13.2. The summed E-state index contributed by atoms with van der Waals surface area (Å²) in [6.07, 6.45) is 7.27. The Kier molecular flexibility index (Phi) is 5.85. The van der Waals surface area contributed by atoms with E-state index in [0.717, 1.165) is 32.5 Å². The molecule has 0 aromatic rings. The maximum absolute atomic E-state index is 12.8. The summed E-state index contributed by atoms with van der Waals surface area (Å²) in [6.45, 7) is 7.99. The summed E-state index contributed by atoms with van der Waals surface area (Å²) in [5.74, 6) is 0.996. The molecule has 2 saturated heterocycles. The number of rotatable bonds is 3. The molecule has 0 saturated carbocycles. The van der Waals surface area contributed by atoms with Gasteiger partial charge in [0.2, 0.25) is 5.91 Å². The van der Waals surface area contributed by atoms with Gasteiger partial charge in [-0.1, -0.05) is 19.8 Å². The first-order valence-corrected chi connectivity index (χ1v) is 8.38. The minimum Gasteiger partial charge on any atom is -0.337 e. The first kappa shape index (κ1) is 15.8. The van der Waals surface area contributed by atoms with Crippen LogP contribution in [0.25, 0.3) is 0 Å². The smallest absolute Gasteiger partial charge is 0.239 e. The normalized spacial score (nSPS) is 30.9. The number of nitrogens with two attached hydrogens (primary N) is 1. The van der Waals surface area contributed by atoms with Crippen LogP contribution in [-0.4, -0.2) is 54.0 Å². The number of hydrogen-bond acceptors (Lipinski definition) is 3. The Labute approximate surface area is 123 Å². The molecule has 2 heterocycles. The predicted molar refractivity (Wildman–Crippen MR) is 82.5 cm³/mol. The van der Waals surface area contributed by atoms with Crippen LogP contribution in [0.4, 0.5) is 0 Å². The molecule has 0 spiro atoms. The van der Waals surface area contributed by atoms with Gasteiger partial charge in [0, 0.05) is 19.1 Å². The predicted octanol–water partition coefficient (Wildman–Crippen LogP) is 1.84. The van der Waals surface area contributed by atoms with Crippen molar-refractivity contribution < 1.29 is 4.79 Å². The van der Waals surface area contributed by atoms with Crippen LogP contribution in [0.1, 0.15) is 52.4 Å². The molecule has 2 aliphatic heterocycles. The molecular formula is C16H31N3O. The third-order valence-corrected chi connectivity index (χ3v) is 5.08. The third-order valence-electron chi connectivity index (χ3n) is 5.08. The van der Waals surface area contributed by atoms with Gasteiger partial charge in [0.1, 0.15) is 0 Å². The Morgan fingerprint density at radius 1 is 1.20 bits per heavy atom. The number of nitrogens with zero attached hydrogens (tertiary/aromatic N) is 2. The SMILES string of the molecule is CC1CCN(C(=O)C(C)N2CCCCCC2)C(CN)C1. The lowest BCUT2D eigenvalue weighted by molar-refractivity contribution is -0.140. The highest BCUT2D eigenvalue weighted by molar-refractivity contribution is 5.82. The lowest BCUT2D eigenvalue weighted by Crippen LogP contribution is -2.55. The van der Waals surface area contributed by atoms with Crippen LogP contribution in [0.5, 0.6) is 0 Å². The van der Waals surface area contributed by atoms with E-state index in [1.807, 2.05) is 0 Å². The van der Waals surface area contributed by atoms with Gasteiger partial charge in [-0.3, -0.25) is 9.69 Å². The molecule has 2 fully saturated rings. The van der Waals surface area contributed by atoms with Crippen molar-refractivity contribution in [3.63, 3.8) is 0 Å². The Morgan fingerprint density at radius 2 is 1.85 bits per heavy atom. The highest BCUT2D eigenvalue weighted by Gasteiger charge is 2.33. The number of likely N-dealkylation sites (tertiary alicyclic amines) is 2. The number of piperidine rings is 1. The molecule has 2 N–H and O–H groups in total. The van der Waals surface area contributed by atoms with Crippen molar-refractivity contribution in [1.29, 1.82) is 0 Å². The van der Waals surface area contributed by atoms with Gasteiger partial charge in [0.25, 0.3) is 0 Å². The zero-order valence-corrected chi connectivity index (χ0v) is 13.2. The molecule has 2 rings (SSSR count). The summed E-state index contributed by atoms with van der Waals surface area (Å²) in [4.78, 5) is 17.3. The number of carbonyl (C=O) groups excluding carboxylic acids is 1. The van der Waals surface area contributed by atoms with E-state index in [-0.39, 0.29) is 12.1 Å². The van der Waals surface area contributed by atoms with Crippen LogP contribution in [0.3, 0.4) is 0 Å². The standard InChI is InChI=1S/C16H31N3O/c1-13-7-10-19(15(11-13)12-17)16(20)14(2)18-8-5-3-4-6-9-18/h13-15H,3-12,17H2,1-2H3. The summed E-state index contributed by atoms with van der Waals surface area (Å²) in [5.41, 5.74) is 5.89. The molecule has 0 aliphatic carbocycles. The highest BCUT2D eigenvalue weighted by atomic mass is 16.2. The van der Waals surface area contributed by atoms with Crippen molar-refractivity contribution in [2.45, 2.75) is 64.5 Å². The topological polar surface area (TPSA) is 49.6 Å². The molecule has 3 unspecified atom stereocenters. The average Bonchev–Trinajstić information content (AvgIpc) is 2.74. The van der Waals surface area contributed by atoms with Gasteiger partial charge in [0.15, 0.2) is 0 Å². The first-order chi connectivity index (χ1) is 9.63. The second-order valence-electron chi connectivity index (χ2n) is 6.68. The van der Waals surface area contributed by atoms with Crippen LogP contribution in [0, 0.1) is 5.92 Å². The van der Waals surface area contributed by atoms with Gasteiger partial charge in [-0.15, -0.1) is 0 Å². The van der Waals surface area contributed by atoms with E-state index in [4.69, 9.17) is 5.73 Å². The quantitative estimate of drug-likeness (QED) is 0.858. The monoisotopic (exact) mass is 281 g/mol. The molecule has 116 valence electrons. The third kappa shape index (κ3) is 3.73. The highest BCUT2D eigenvalue weighted by Crippen LogP contribution is 2.24. The molecule has 2 aliphatic rings. The van der Waals surface area contributed by atoms with Crippen LogP contribution in [-0.2, 0) is 4.79 Å². The first-order valence-electron chi connectivity index (χ1n) is 8.38. The van der Waals surface area contributed by atoms with E-state index in [2.05, 4.69) is 23.6 Å². The van der Waals surface area contributed by atoms with Crippen molar-refractivity contribution >= 4 is 5.91 Å². The van der Waals surface area contributed by atoms with Crippen LogP contribution < -0.4 is 5.73 Å². The van der Waals surface area contributed by atoms with E-state index >= 15 is 0 Å². The van der Waals surface area contributed by atoms with Crippen molar-refractivity contribution in [3.8, 4) is 0 Å². The second kappa shape index (κ2) is 7.41. The summed E-state index contributed by atoms with van der Waals surface area (Å²) in [7, 11) is 0. The van der Waals surface area contributed by atoms with Gasteiger partial charge >= 0.3 is 0 Å². The van der Waals surface area contributed by atoms with E-state index in [1.165, 1.54) is 25.7 Å². The molecule has 3 atom stereocenters. The Bertz CT molecular complexity index is 313. The largest absolute Gasteiger partial charge is 0.337 e. The minimum absolute atomic E-state index is 0.0237. The zero-order chi connectivity index (χ0) is 14.5. The Hall–Kier alpha value is -0.610. The van der Waals surface area contributed by atoms with Crippen molar-refractivity contribution in [1.82, 2.24) is 9.80 Å². The maximum atomic E-state index is 12.8.